The quantitative estimate of drug-likeness (QED) is 0.889. The maximum Gasteiger partial charge on any atom is 0.142 e. The monoisotopic (exact) mass is 248 g/mol. The van der Waals surface area contributed by atoms with Crippen molar-refractivity contribution >= 4 is 5.69 Å². The number of hydrogen-bond donors (Lipinski definition) is 1. The third kappa shape index (κ3) is 2.78. The lowest BCUT2D eigenvalue weighted by Gasteiger charge is -2.37. The molecule has 1 unspecified atom stereocenters. The van der Waals surface area contributed by atoms with Crippen molar-refractivity contribution in [1.29, 1.82) is 0 Å². The summed E-state index contributed by atoms with van der Waals surface area (Å²) in [5, 5.41) is 3.59. The molecule has 1 fully saturated rings. The van der Waals surface area contributed by atoms with E-state index < -0.39 is 0 Å². The molecule has 1 aromatic rings. The SMILES string of the molecule is COc1ccc(C)cc1N1CCNC(C(C)C)C1. The van der Waals surface area contributed by atoms with E-state index in [1.807, 2.05) is 0 Å². The molecule has 1 N–H and O–H groups in total. The lowest BCUT2D eigenvalue weighted by molar-refractivity contribution is 0.363. The van der Waals surface area contributed by atoms with Crippen molar-refractivity contribution in [3.8, 4) is 5.75 Å². The van der Waals surface area contributed by atoms with E-state index >= 15 is 0 Å². The van der Waals surface area contributed by atoms with E-state index in [9.17, 15) is 0 Å². The molecule has 0 aliphatic carbocycles. The van der Waals surface area contributed by atoms with Gasteiger partial charge in [-0.25, -0.2) is 0 Å². The second-order valence-corrected chi connectivity index (χ2v) is 5.43. The summed E-state index contributed by atoms with van der Waals surface area (Å²) in [4.78, 5) is 2.44. The van der Waals surface area contributed by atoms with Gasteiger partial charge in [-0.3, -0.25) is 0 Å². The minimum absolute atomic E-state index is 0.559. The highest BCUT2D eigenvalue weighted by Gasteiger charge is 2.23. The Hall–Kier alpha value is -1.22. The first kappa shape index (κ1) is 13.2. The number of benzene rings is 1. The topological polar surface area (TPSA) is 24.5 Å². The third-order valence-corrected chi connectivity index (χ3v) is 3.69. The average Bonchev–Trinajstić information content (AvgIpc) is 2.39. The fourth-order valence-electron chi connectivity index (χ4n) is 2.49. The van der Waals surface area contributed by atoms with Crippen LogP contribution in [0.1, 0.15) is 19.4 Å². The van der Waals surface area contributed by atoms with Crippen molar-refractivity contribution in [2.75, 3.05) is 31.6 Å². The first-order valence-electron chi connectivity index (χ1n) is 6.74. The van der Waals surface area contributed by atoms with Crippen molar-refractivity contribution in [3.63, 3.8) is 0 Å². The fourth-order valence-corrected chi connectivity index (χ4v) is 2.49. The molecule has 1 aliphatic rings. The van der Waals surface area contributed by atoms with Gasteiger partial charge in [0.25, 0.3) is 0 Å². The number of anilines is 1. The number of methoxy groups -OCH3 is 1. The second-order valence-electron chi connectivity index (χ2n) is 5.43. The van der Waals surface area contributed by atoms with Crippen LogP contribution in [-0.4, -0.2) is 32.8 Å². The number of piperazine rings is 1. The Morgan fingerprint density at radius 2 is 2.17 bits per heavy atom. The Bertz CT molecular complexity index is 403. The average molecular weight is 248 g/mol. The van der Waals surface area contributed by atoms with Crippen molar-refractivity contribution in [2.24, 2.45) is 5.92 Å². The van der Waals surface area contributed by atoms with Gasteiger partial charge in [0.1, 0.15) is 5.75 Å². The third-order valence-electron chi connectivity index (χ3n) is 3.69. The maximum atomic E-state index is 5.49. The molecule has 0 aromatic heterocycles. The molecule has 1 aromatic carbocycles. The molecule has 0 bridgehead atoms. The predicted molar refractivity (Wildman–Crippen MR) is 76.6 cm³/mol. The molecule has 100 valence electrons. The highest BCUT2D eigenvalue weighted by molar-refractivity contribution is 5.60. The zero-order valence-corrected chi connectivity index (χ0v) is 11.9. The number of rotatable bonds is 3. The van der Waals surface area contributed by atoms with Gasteiger partial charge in [-0.2, -0.15) is 0 Å². The van der Waals surface area contributed by atoms with Crippen LogP contribution in [0, 0.1) is 12.8 Å². The summed E-state index contributed by atoms with van der Waals surface area (Å²) in [5.41, 5.74) is 2.51. The van der Waals surface area contributed by atoms with Gasteiger partial charge in [0.2, 0.25) is 0 Å². The molecule has 1 atom stereocenters. The van der Waals surface area contributed by atoms with Crippen molar-refractivity contribution in [2.45, 2.75) is 26.8 Å². The molecular weight excluding hydrogens is 224 g/mol. The summed E-state index contributed by atoms with van der Waals surface area (Å²) in [6, 6.07) is 6.95. The van der Waals surface area contributed by atoms with Crippen LogP contribution in [0.2, 0.25) is 0 Å². The lowest BCUT2D eigenvalue weighted by atomic mass is 10.0. The Balaban J connectivity index is 2.22. The van der Waals surface area contributed by atoms with Gasteiger partial charge in [0.05, 0.1) is 12.8 Å². The van der Waals surface area contributed by atoms with E-state index in [0.717, 1.165) is 25.4 Å². The van der Waals surface area contributed by atoms with Crippen LogP contribution in [0.3, 0.4) is 0 Å². The number of nitrogens with one attached hydrogen (secondary N) is 1. The molecule has 0 radical (unpaired) electrons. The highest BCUT2D eigenvalue weighted by Crippen LogP contribution is 2.30. The Morgan fingerprint density at radius 1 is 1.39 bits per heavy atom. The van der Waals surface area contributed by atoms with E-state index in [1.54, 1.807) is 7.11 Å². The number of nitrogens with zero attached hydrogens (tertiary/aromatic N) is 1. The van der Waals surface area contributed by atoms with Gasteiger partial charge < -0.3 is 15.0 Å². The van der Waals surface area contributed by atoms with Crippen molar-refractivity contribution < 1.29 is 4.74 Å². The summed E-state index contributed by atoms with van der Waals surface area (Å²) in [6.45, 7) is 9.81. The maximum absolute atomic E-state index is 5.49. The fraction of sp³-hybridized carbons (Fsp3) is 0.600. The van der Waals surface area contributed by atoms with E-state index in [-0.39, 0.29) is 0 Å². The molecule has 2 rings (SSSR count). The molecule has 0 spiro atoms. The van der Waals surface area contributed by atoms with E-state index in [4.69, 9.17) is 4.74 Å². The molecular formula is C15H24N2O. The number of aryl methyl sites for hydroxylation is 1. The van der Waals surface area contributed by atoms with E-state index in [0.29, 0.717) is 12.0 Å². The van der Waals surface area contributed by atoms with Gasteiger partial charge in [-0.05, 0) is 30.5 Å². The Morgan fingerprint density at radius 3 is 2.83 bits per heavy atom. The molecule has 18 heavy (non-hydrogen) atoms. The normalized spacial score (nSPS) is 20.3. The number of ether oxygens (including phenoxy) is 1. The zero-order valence-electron chi connectivity index (χ0n) is 11.9. The van der Waals surface area contributed by atoms with Crippen LogP contribution in [0.4, 0.5) is 5.69 Å². The van der Waals surface area contributed by atoms with Crippen LogP contribution in [0.25, 0.3) is 0 Å². The first-order chi connectivity index (χ1) is 8.61. The molecule has 3 heteroatoms. The lowest BCUT2D eigenvalue weighted by Crippen LogP contribution is -2.53. The van der Waals surface area contributed by atoms with Crippen LogP contribution in [0.5, 0.6) is 5.75 Å². The summed E-state index contributed by atoms with van der Waals surface area (Å²) < 4.78 is 5.49. The number of hydrogen-bond acceptors (Lipinski definition) is 3. The summed E-state index contributed by atoms with van der Waals surface area (Å²) >= 11 is 0. The van der Waals surface area contributed by atoms with Gasteiger partial charge >= 0.3 is 0 Å². The zero-order chi connectivity index (χ0) is 13.1. The minimum Gasteiger partial charge on any atom is -0.495 e. The van der Waals surface area contributed by atoms with Gasteiger partial charge in [-0.1, -0.05) is 19.9 Å². The predicted octanol–water partition coefficient (Wildman–Crippen LogP) is 2.44. The van der Waals surface area contributed by atoms with Crippen molar-refractivity contribution in [1.82, 2.24) is 5.32 Å². The van der Waals surface area contributed by atoms with E-state index in [2.05, 4.69) is 49.2 Å². The summed E-state index contributed by atoms with van der Waals surface area (Å²) in [6.07, 6.45) is 0. The molecule has 0 amide bonds. The molecule has 1 aliphatic heterocycles. The molecule has 1 heterocycles. The van der Waals surface area contributed by atoms with Crippen LogP contribution >= 0.6 is 0 Å². The van der Waals surface area contributed by atoms with Gasteiger partial charge in [0, 0.05) is 25.7 Å². The van der Waals surface area contributed by atoms with Crippen LogP contribution < -0.4 is 15.0 Å². The second kappa shape index (κ2) is 5.61. The molecule has 3 nitrogen and oxygen atoms in total. The highest BCUT2D eigenvalue weighted by atomic mass is 16.5. The largest absolute Gasteiger partial charge is 0.495 e. The Labute approximate surface area is 110 Å². The van der Waals surface area contributed by atoms with Crippen LogP contribution in [0.15, 0.2) is 18.2 Å². The minimum atomic E-state index is 0.559. The smallest absolute Gasteiger partial charge is 0.142 e. The molecule has 0 saturated carbocycles. The van der Waals surface area contributed by atoms with E-state index in [1.165, 1.54) is 11.3 Å². The standard InChI is InChI=1S/C15H24N2O/c1-11(2)13-10-17(8-7-16-13)14-9-12(3)5-6-15(14)18-4/h5-6,9,11,13,16H,7-8,10H2,1-4H3. The Kier molecular flexibility index (Phi) is 4.12. The van der Waals surface area contributed by atoms with Gasteiger partial charge in [0.15, 0.2) is 0 Å². The van der Waals surface area contributed by atoms with Gasteiger partial charge in [-0.15, -0.1) is 0 Å². The van der Waals surface area contributed by atoms with Crippen molar-refractivity contribution in [3.05, 3.63) is 23.8 Å². The molecule has 1 saturated heterocycles. The van der Waals surface area contributed by atoms with Crippen LogP contribution in [-0.2, 0) is 0 Å². The summed E-state index contributed by atoms with van der Waals surface area (Å²) in [5.74, 6) is 1.63. The first-order valence-corrected chi connectivity index (χ1v) is 6.74. The summed E-state index contributed by atoms with van der Waals surface area (Å²) in [7, 11) is 1.75.